The Morgan fingerprint density at radius 1 is 1.32 bits per heavy atom. The lowest BCUT2D eigenvalue weighted by Gasteiger charge is -2.13. The van der Waals surface area contributed by atoms with Gasteiger partial charge in [-0.2, -0.15) is 0 Å². The number of carbonyl (C=O) groups excluding carboxylic acids is 2. The molecule has 0 aliphatic carbocycles. The number of aliphatic hydroxyl groups is 1. The molecule has 0 aliphatic heterocycles. The molecule has 0 aromatic rings. The van der Waals surface area contributed by atoms with Crippen LogP contribution in [-0.4, -0.2) is 43.5 Å². The highest BCUT2D eigenvalue weighted by molar-refractivity contribution is 7.38. The summed E-state index contributed by atoms with van der Waals surface area (Å²) in [7, 11) is -2.05. The number of rotatable bonds is 8. The highest BCUT2D eigenvalue weighted by atomic mass is 31.1. The van der Waals surface area contributed by atoms with Crippen molar-refractivity contribution in [1.29, 1.82) is 0 Å². The first-order valence-electron chi connectivity index (χ1n) is 5.74. The Morgan fingerprint density at radius 3 is 2.47 bits per heavy atom. The monoisotopic (exact) mass is 297 g/mol. The van der Waals surface area contributed by atoms with E-state index in [1.165, 1.54) is 6.66 Å². The van der Waals surface area contributed by atoms with E-state index in [0.29, 0.717) is 0 Å². The molecule has 1 amide bonds. The zero-order chi connectivity index (χ0) is 14.8. The Hall–Kier alpha value is -1.11. The third kappa shape index (κ3) is 10.5. The van der Waals surface area contributed by atoms with Gasteiger partial charge in [-0.15, -0.1) is 0 Å². The second-order valence-electron chi connectivity index (χ2n) is 3.96. The van der Waals surface area contributed by atoms with E-state index in [0.717, 1.165) is 0 Å². The lowest BCUT2D eigenvalue weighted by molar-refractivity contribution is -0.155. The van der Waals surface area contributed by atoms with Gasteiger partial charge in [0.1, 0.15) is 6.23 Å². The summed E-state index contributed by atoms with van der Waals surface area (Å²) >= 11 is 0. The lowest BCUT2D eigenvalue weighted by Crippen LogP contribution is -2.36. The molecular formula is C10H20NO7P. The molecule has 112 valence electrons. The molecule has 0 aromatic heterocycles. The van der Waals surface area contributed by atoms with Crippen LogP contribution in [0.2, 0.25) is 0 Å². The SMILES string of the molecule is CC(C)C(=O)OCOC(=O)NC(O)CCO[PH](C)=O. The summed E-state index contributed by atoms with van der Waals surface area (Å²) in [6, 6.07) is 0. The van der Waals surface area contributed by atoms with Crippen LogP contribution in [0.25, 0.3) is 0 Å². The smallest absolute Gasteiger partial charge is 0.412 e. The zero-order valence-corrected chi connectivity index (χ0v) is 12.2. The number of hydrogen-bond acceptors (Lipinski definition) is 7. The molecule has 0 aromatic carbocycles. The maximum absolute atomic E-state index is 11.1. The highest BCUT2D eigenvalue weighted by Gasteiger charge is 2.12. The zero-order valence-electron chi connectivity index (χ0n) is 11.2. The molecule has 0 bridgehead atoms. The molecule has 19 heavy (non-hydrogen) atoms. The van der Waals surface area contributed by atoms with Gasteiger partial charge in [-0.05, 0) is 0 Å². The van der Waals surface area contributed by atoms with Crippen LogP contribution in [0.1, 0.15) is 20.3 Å². The van der Waals surface area contributed by atoms with Crippen LogP contribution in [0.15, 0.2) is 0 Å². The molecule has 8 nitrogen and oxygen atoms in total. The fraction of sp³-hybridized carbons (Fsp3) is 0.800. The molecule has 0 saturated heterocycles. The Morgan fingerprint density at radius 2 is 1.95 bits per heavy atom. The van der Waals surface area contributed by atoms with Gasteiger partial charge in [0.15, 0.2) is 8.03 Å². The fourth-order valence-electron chi connectivity index (χ4n) is 0.872. The summed E-state index contributed by atoms with van der Waals surface area (Å²) < 4.78 is 24.5. The molecule has 0 saturated carbocycles. The maximum Gasteiger partial charge on any atom is 0.412 e. The first-order chi connectivity index (χ1) is 8.82. The first-order valence-corrected chi connectivity index (χ1v) is 7.56. The van der Waals surface area contributed by atoms with E-state index in [-0.39, 0.29) is 18.9 Å². The molecule has 2 N–H and O–H groups in total. The normalized spacial score (nSPS) is 13.7. The molecule has 0 spiro atoms. The Kier molecular flexibility index (Phi) is 9.20. The predicted molar refractivity (Wildman–Crippen MR) is 66.9 cm³/mol. The van der Waals surface area contributed by atoms with Gasteiger partial charge in [-0.25, -0.2) is 4.79 Å². The number of alkyl carbamates (subject to hydrolysis) is 1. The van der Waals surface area contributed by atoms with Crippen LogP contribution < -0.4 is 5.32 Å². The van der Waals surface area contributed by atoms with Crippen LogP contribution >= 0.6 is 8.03 Å². The van der Waals surface area contributed by atoms with Gasteiger partial charge in [-0.1, -0.05) is 13.8 Å². The Bertz CT molecular complexity index is 321. The average molecular weight is 297 g/mol. The Balaban J connectivity index is 3.67. The van der Waals surface area contributed by atoms with Crippen LogP contribution in [0.4, 0.5) is 4.79 Å². The minimum absolute atomic E-state index is 0.0536. The number of aliphatic hydroxyl groups excluding tert-OH is 1. The van der Waals surface area contributed by atoms with E-state index >= 15 is 0 Å². The number of ether oxygens (including phenoxy) is 2. The first kappa shape index (κ1) is 17.9. The van der Waals surface area contributed by atoms with Crippen molar-refractivity contribution in [3.8, 4) is 0 Å². The van der Waals surface area contributed by atoms with E-state index in [4.69, 9.17) is 4.52 Å². The van der Waals surface area contributed by atoms with Crippen molar-refractivity contribution >= 4 is 20.1 Å². The fourth-order valence-corrected chi connectivity index (χ4v) is 1.28. The summed E-state index contributed by atoms with van der Waals surface area (Å²) in [5, 5.41) is 11.4. The van der Waals surface area contributed by atoms with Crippen LogP contribution in [0.5, 0.6) is 0 Å². The van der Waals surface area contributed by atoms with Crippen molar-refractivity contribution in [2.24, 2.45) is 5.92 Å². The number of hydrogen-bond donors (Lipinski definition) is 2. The van der Waals surface area contributed by atoms with E-state index < -0.39 is 33.1 Å². The molecule has 2 unspecified atom stereocenters. The van der Waals surface area contributed by atoms with Gasteiger partial charge in [0.05, 0.1) is 12.5 Å². The summed E-state index contributed by atoms with van der Waals surface area (Å²) in [5.74, 6) is -0.804. The van der Waals surface area contributed by atoms with Crippen molar-refractivity contribution in [1.82, 2.24) is 5.32 Å². The van der Waals surface area contributed by atoms with E-state index in [1.807, 2.05) is 0 Å². The van der Waals surface area contributed by atoms with Gasteiger partial charge in [0.2, 0.25) is 6.79 Å². The highest BCUT2D eigenvalue weighted by Crippen LogP contribution is 2.15. The third-order valence-corrected chi connectivity index (χ3v) is 2.45. The van der Waals surface area contributed by atoms with Crippen molar-refractivity contribution in [3.05, 3.63) is 0 Å². The summed E-state index contributed by atoms with van der Waals surface area (Å²) in [5.41, 5.74) is 0. The summed E-state index contributed by atoms with van der Waals surface area (Å²) in [4.78, 5) is 22.1. The second-order valence-corrected chi connectivity index (χ2v) is 5.23. The molecule has 0 fully saturated rings. The number of carbonyl (C=O) groups is 2. The van der Waals surface area contributed by atoms with Crippen LogP contribution in [-0.2, 0) is 23.4 Å². The molecule has 0 aliphatic rings. The molecular weight excluding hydrogens is 277 g/mol. The van der Waals surface area contributed by atoms with Crippen LogP contribution in [0.3, 0.4) is 0 Å². The van der Waals surface area contributed by atoms with Gasteiger partial charge in [0, 0.05) is 13.1 Å². The van der Waals surface area contributed by atoms with Crippen molar-refractivity contribution in [3.63, 3.8) is 0 Å². The van der Waals surface area contributed by atoms with E-state index in [9.17, 15) is 19.3 Å². The van der Waals surface area contributed by atoms with Gasteiger partial charge in [-0.3, -0.25) is 14.7 Å². The van der Waals surface area contributed by atoms with Crippen molar-refractivity contribution in [2.75, 3.05) is 20.1 Å². The van der Waals surface area contributed by atoms with Gasteiger partial charge < -0.3 is 19.1 Å². The number of nitrogens with one attached hydrogen (secondary N) is 1. The van der Waals surface area contributed by atoms with Crippen molar-refractivity contribution in [2.45, 2.75) is 26.5 Å². The topological polar surface area (TPSA) is 111 Å². The summed E-state index contributed by atoms with van der Waals surface area (Å²) in [6.07, 6.45) is -2.03. The standard InChI is InChI=1S/C10H20NO7P/c1-7(2)9(13)16-6-17-10(14)11-8(12)4-5-18-19(3)15/h7-8,12,19H,4-6H2,1-3H3,(H,11,14). The molecule has 0 heterocycles. The number of amides is 1. The Labute approximate surface area is 112 Å². The minimum atomic E-state index is -2.05. The minimum Gasteiger partial charge on any atom is -0.428 e. The molecule has 9 heteroatoms. The summed E-state index contributed by atoms with van der Waals surface area (Å²) in [6.45, 7) is 4.24. The van der Waals surface area contributed by atoms with Crippen LogP contribution in [0, 0.1) is 5.92 Å². The maximum atomic E-state index is 11.1. The van der Waals surface area contributed by atoms with E-state index in [2.05, 4.69) is 14.8 Å². The lowest BCUT2D eigenvalue weighted by atomic mass is 10.2. The quantitative estimate of drug-likeness (QED) is 0.385. The predicted octanol–water partition coefficient (Wildman–Crippen LogP) is 0.699. The van der Waals surface area contributed by atoms with Crippen molar-refractivity contribution < 1.29 is 33.3 Å². The average Bonchev–Trinajstić information content (AvgIpc) is 2.27. The second kappa shape index (κ2) is 9.77. The molecule has 2 atom stereocenters. The van der Waals surface area contributed by atoms with E-state index in [1.54, 1.807) is 13.8 Å². The largest absolute Gasteiger partial charge is 0.428 e. The molecule has 0 rings (SSSR count). The molecule has 0 radical (unpaired) electrons. The third-order valence-electron chi connectivity index (χ3n) is 1.84. The van der Waals surface area contributed by atoms with Gasteiger partial charge in [0.25, 0.3) is 0 Å². The number of esters is 1. The van der Waals surface area contributed by atoms with Gasteiger partial charge >= 0.3 is 12.1 Å².